The molecule has 0 spiro atoms. The first kappa shape index (κ1) is 25.1. The molecule has 4 aromatic rings. The molecule has 0 unspecified atom stereocenters. The number of aromatic nitrogens is 5. The predicted molar refractivity (Wildman–Crippen MR) is 142 cm³/mol. The summed E-state index contributed by atoms with van der Waals surface area (Å²) in [6, 6.07) is 5.11. The number of ether oxygens (including phenoxy) is 1. The fraction of sp³-hybridized carbons (Fsp3) is 0.292. The number of hydrogen-bond acceptors (Lipinski definition) is 11. The van der Waals surface area contributed by atoms with Gasteiger partial charge in [-0.2, -0.15) is 9.36 Å². The molecule has 5 rings (SSSR count). The molecular formula is C24H24N8O5S. The SMILES string of the molecule is COc1ccc(NC(=O)C2CN(c3cc(C)c4c(=O)c(C(=O)O)cn(-c5nc(N(C)C)ns5)c4n3)C2)nc1. The topological polar surface area (TPSA) is 156 Å². The number of carbonyl (C=O) groups is 2. The molecule has 1 aliphatic rings. The molecule has 0 radical (unpaired) electrons. The van der Waals surface area contributed by atoms with Crippen molar-refractivity contribution in [3.05, 3.63) is 51.9 Å². The number of anilines is 3. The Bertz CT molecular complexity index is 1610. The van der Waals surface area contributed by atoms with Gasteiger partial charge in [0.25, 0.3) is 0 Å². The molecule has 0 bridgehead atoms. The van der Waals surface area contributed by atoms with E-state index < -0.39 is 11.4 Å². The van der Waals surface area contributed by atoms with E-state index in [2.05, 4.69) is 19.7 Å². The maximum Gasteiger partial charge on any atom is 0.341 e. The van der Waals surface area contributed by atoms with Crippen molar-refractivity contribution in [3.8, 4) is 10.9 Å². The number of rotatable bonds is 7. The number of nitrogens with one attached hydrogen (secondary N) is 1. The zero-order valence-corrected chi connectivity index (χ0v) is 21.8. The molecular weight excluding hydrogens is 512 g/mol. The minimum Gasteiger partial charge on any atom is -0.495 e. The van der Waals surface area contributed by atoms with Gasteiger partial charge in [0, 0.05) is 44.9 Å². The van der Waals surface area contributed by atoms with Crippen LogP contribution in [0.2, 0.25) is 0 Å². The van der Waals surface area contributed by atoms with Crippen molar-refractivity contribution in [3.63, 3.8) is 0 Å². The van der Waals surface area contributed by atoms with Crippen molar-refractivity contribution in [2.75, 3.05) is 49.4 Å². The number of carboxylic acids is 1. The van der Waals surface area contributed by atoms with E-state index in [0.717, 1.165) is 11.5 Å². The van der Waals surface area contributed by atoms with E-state index in [9.17, 15) is 19.5 Å². The molecule has 14 heteroatoms. The second kappa shape index (κ2) is 9.70. The van der Waals surface area contributed by atoms with Gasteiger partial charge in [-0.25, -0.2) is 14.8 Å². The van der Waals surface area contributed by atoms with Gasteiger partial charge < -0.3 is 25.0 Å². The van der Waals surface area contributed by atoms with Gasteiger partial charge in [0.15, 0.2) is 5.65 Å². The molecule has 13 nitrogen and oxygen atoms in total. The van der Waals surface area contributed by atoms with Crippen LogP contribution in [0.25, 0.3) is 16.2 Å². The van der Waals surface area contributed by atoms with Crippen LogP contribution in [0.3, 0.4) is 0 Å². The number of carbonyl (C=O) groups excluding carboxylic acids is 1. The van der Waals surface area contributed by atoms with Crippen LogP contribution in [0.4, 0.5) is 17.6 Å². The van der Waals surface area contributed by atoms with Gasteiger partial charge in [-0.15, -0.1) is 0 Å². The van der Waals surface area contributed by atoms with Crippen molar-refractivity contribution in [1.29, 1.82) is 0 Å². The Morgan fingerprint density at radius 2 is 2.00 bits per heavy atom. The lowest BCUT2D eigenvalue weighted by Gasteiger charge is -2.39. The van der Waals surface area contributed by atoms with E-state index in [-0.39, 0.29) is 28.4 Å². The lowest BCUT2D eigenvalue weighted by Crippen LogP contribution is -2.52. The fourth-order valence-corrected chi connectivity index (χ4v) is 4.78. The van der Waals surface area contributed by atoms with Gasteiger partial charge in [-0.05, 0) is 30.7 Å². The van der Waals surface area contributed by atoms with Crippen molar-refractivity contribution < 1.29 is 19.4 Å². The highest BCUT2D eigenvalue weighted by atomic mass is 32.1. The summed E-state index contributed by atoms with van der Waals surface area (Å²) >= 11 is 1.06. The van der Waals surface area contributed by atoms with Gasteiger partial charge in [-0.3, -0.25) is 14.2 Å². The van der Waals surface area contributed by atoms with Gasteiger partial charge in [-0.1, -0.05) is 0 Å². The lowest BCUT2D eigenvalue weighted by molar-refractivity contribution is -0.120. The number of aryl methyl sites for hydroxylation is 1. The Kier molecular flexibility index (Phi) is 6.40. The monoisotopic (exact) mass is 536 g/mol. The van der Waals surface area contributed by atoms with Gasteiger partial charge in [0.2, 0.25) is 22.4 Å². The van der Waals surface area contributed by atoms with Crippen LogP contribution >= 0.6 is 11.5 Å². The second-order valence-corrected chi connectivity index (χ2v) is 9.72. The number of nitrogens with zero attached hydrogens (tertiary/aromatic N) is 7. The summed E-state index contributed by atoms with van der Waals surface area (Å²) in [4.78, 5) is 54.6. The van der Waals surface area contributed by atoms with Crippen LogP contribution in [0, 0.1) is 12.8 Å². The number of amides is 1. The first-order valence-electron chi connectivity index (χ1n) is 11.5. The van der Waals surface area contributed by atoms with Crippen LogP contribution in [-0.2, 0) is 4.79 Å². The summed E-state index contributed by atoms with van der Waals surface area (Å²) in [5.41, 5.74) is -0.165. The van der Waals surface area contributed by atoms with E-state index >= 15 is 0 Å². The summed E-state index contributed by atoms with van der Waals surface area (Å²) in [5, 5.41) is 13.0. The standard InChI is InChI=1S/C24H24N8O5S/c1-12-7-17(31-9-13(10-31)21(34)26-16-6-5-14(37-4)8-25-16)27-20-18(12)19(33)15(22(35)36)11-32(20)24-28-23(29-38-24)30(2)3/h5-8,11,13H,9-10H2,1-4H3,(H,35,36)(H,25,26,34). The third-order valence-corrected chi connectivity index (χ3v) is 6.89. The first-order chi connectivity index (χ1) is 18.2. The number of hydrogen-bond donors (Lipinski definition) is 2. The van der Waals surface area contributed by atoms with Crippen LogP contribution in [-0.4, -0.2) is 75.2 Å². The molecule has 1 amide bonds. The average molecular weight is 537 g/mol. The Hall–Kier alpha value is -4.59. The maximum atomic E-state index is 13.1. The zero-order valence-electron chi connectivity index (χ0n) is 21.0. The number of pyridine rings is 3. The predicted octanol–water partition coefficient (Wildman–Crippen LogP) is 1.79. The highest BCUT2D eigenvalue weighted by Gasteiger charge is 2.34. The number of methoxy groups -OCH3 is 1. The highest BCUT2D eigenvalue weighted by Crippen LogP contribution is 2.29. The third kappa shape index (κ3) is 4.49. The first-order valence-corrected chi connectivity index (χ1v) is 12.3. The zero-order chi connectivity index (χ0) is 27.1. The van der Waals surface area contributed by atoms with E-state index in [0.29, 0.717) is 47.1 Å². The Balaban J connectivity index is 1.45. The largest absolute Gasteiger partial charge is 0.495 e. The molecule has 38 heavy (non-hydrogen) atoms. The summed E-state index contributed by atoms with van der Waals surface area (Å²) in [7, 11) is 5.12. The Morgan fingerprint density at radius 1 is 1.24 bits per heavy atom. The summed E-state index contributed by atoms with van der Waals surface area (Å²) < 4.78 is 10.9. The summed E-state index contributed by atoms with van der Waals surface area (Å²) in [6.07, 6.45) is 2.76. The third-order valence-electron chi connectivity index (χ3n) is 6.18. The van der Waals surface area contributed by atoms with E-state index in [1.54, 1.807) is 51.2 Å². The number of aromatic carboxylic acids is 1. The van der Waals surface area contributed by atoms with Gasteiger partial charge >= 0.3 is 5.97 Å². The van der Waals surface area contributed by atoms with Crippen LogP contribution in [0.5, 0.6) is 5.75 Å². The van der Waals surface area contributed by atoms with Crippen molar-refractivity contribution >= 4 is 52.0 Å². The second-order valence-electron chi connectivity index (χ2n) is 8.99. The average Bonchev–Trinajstić information content (AvgIpc) is 3.34. The van der Waals surface area contributed by atoms with E-state index in [1.807, 2.05) is 4.90 Å². The number of carboxylic acid groups (broad SMARTS) is 1. The fourth-order valence-electron chi connectivity index (χ4n) is 4.06. The van der Waals surface area contributed by atoms with E-state index in [1.165, 1.54) is 17.0 Å². The maximum absolute atomic E-state index is 13.1. The molecule has 5 heterocycles. The minimum absolute atomic E-state index is 0.162. The molecule has 1 fully saturated rings. The molecule has 0 saturated carbocycles. The molecule has 1 aliphatic heterocycles. The summed E-state index contributed by atoms with van der Waals surface area (Å²) in [5.74, 6) is 0.259. The van der Waals surface area contributed by atoms with Gasteiger partial charge in [0.1, 0.15) is 22.9 Å². The van der Waals surface area contributed by atoms with Gasteiger partial charge in [0.05, 0.1) is 24.6 Å². The molecule has 2 N–H and O–H groups in total. The molecule has 196 valence electrons. The highest BCUT2D eigenvalue weighted by molar-refractivity contribution is 7.08. The quantitative estimate of drug-likeness (QED) is 0.355. The Labute approximate surface area is 220 Å². The molecule has 0 aliphatic carbocycles. The van der Waals surface area contributed by atoms with Crippen molar-refractivity contribution in [2.45, 2.75) is 6.92 Å². The Morgan fingerprint density at radius 3 is 2.61 bits per heavy atom. The van der Waals surface area contributed by atoms with Crippen LogP contribution in [0.15, 0.2) is 35.4 Å². The lowest BCUT2D eigenvalue weighted by atomic mass is 9.98. The summed E-state index contributed by atoms with van der Waals surface area (Å²) in [6.45, 7) is 2.57. The normalized spacial score (nSPS) is 13.3. The van der Waals surface area contributed by atoms with Crippen LogP contribution < -0.4 is 25.3 Å². The van der Waals surface area contributed by atoms with Crippen LogP contribution in [0.1, 0.15) is 15.9 Å². The van der Waals surface area contributed by atoms with E-state index in [4.69, 9.17) is 9.72 Å². The van der Waals surface area contributed by atoms with Crippen molar-refractivity contribution in [2.24, 2.45) is 5.92 Å². The number of fused-ring (bicyclic) bond motifs is 1. The molecule has 4 aromatic heterocycles. The van der Waals surface area contributed by atoms with Crippen molar-refractivity contribution in [1.82, 2.24) is 23.9 Å². The molecule has 0 aromatic carbocycles. The smallest absolute Gasteiger partial charge is 0.341 e. The molecule has 0 atom stereocenters. The molecule has 1 saturated heterocycles. The minimum atomic E-state index is -1.34.